The van der Waals surface area contributed by atoms with Gasteiger partial charge in [0.25, 0.3) is 0 Å². The molecule has 0 aliphatic carbocycles. The molecule has 1 fully saturated rings. The zero-order valence-electron chi connectivity index (χ0n) is 12.2. The number of hydrogen-bond donors (Lipinski definition) is 2. The van der Waals surface area contributed by atoms with E-state index in [2.05, 4.69) is 17.1 Å². The van der Waals surface area contributed by atoms with Gasteiger partial charge in [0.05, 0.1) is 6.54 Å². The zero-order valence-corrected chi connectivity index (χ0v) is 12.2. The molecule has 2 heterocycles. The van der Waals surface area contributed by atoms with E-state index in [1.807, 2.05) is 6.07 Å². The van der Waals surface area contributed by atoms with Gasteiger partial charge in [-0.3, -0.25) is 9.69 Å². The molecule has 6 nitrogen and oxygen atoms in total. The molecule has 3 rings (SSSR count). The highest BCUT2D eigenvalue weighted by atomic mass is 16.7. The van der Waals surface area contributed by atoms with Gasteiger partial charge in [-0.05, 0) is 24.5 Å². The molecule has 2 unspecified atom stereocenters. The lowest BCUT2D eigenvalue weighted by molar-refractivity contribution is -0.117. The van der Waals surface area contributed by atoms with Crippen molar-refractivity contribution in [1.29, 1.82) is 0 Å². The average Bonchev–Trinajstić information content (AvgIpc) is 2.84. The van der Waals surface area contributed by atoms with E-state index in [1.165, 1.54) is 0 Å². The topological polar surface area (TPSA) is 76.8 Å². The molecule has 1 saturated heterocycles. The highest BCUT2D eigenvalue weighted by Crippen LogP contribution is 2.34. The Kier molecular flexibility index (Phi) is 3.98. The van der Waals surface area contributed by atoms with Crippen LogP contribution in [0, 0.1) is 5.92 Å². The fraction of sp³-hybridized carbons (Fsp3) is 0.533. The number of nitrogens with zero attached hydrogens (tertiary/aromatic N) is 1. The van der Waals surface area contributed by atoms with E-state index in [-0.39, 0.29) is 18.7 Å². The Balaban J connectivity index is 1.56. The normalized spacial score (nSPS) is 24.9. The number of anilines is 1. The maximum Gasteiger partial charge on any atom is 0.238 e. The van der Waals surface area contributed by atoms with Crippen LogP contribution in [0.15, 0.2) is 18.2 Å². The first-order valence-electron chi connectivity index (χ1n) is 7.27. The Morgan fingerprint density at radius 2 is 2.19 bits per heavy atom. The van der Waals surface area contributed by atoms with Crippen molar-refractivity contribution in [2.24, 2.45) is 11.7 Å². The van der Waals surface area contributed by atoms with Crippen LogP contribution in [0.5, 0.6) is 11.5 Å². The number of fused-ring (bicyclic) bond motifs is 1. The van der Waals surface area contributed by atoms with Gasteiger partial charge in [0.2, 0.25) is 12.7 Å². The molecule has 0 saturated carbocycles. The first kappa shape index (κ1) is 14.2. The summed E-state index contributed by atoms with van der Waals surface area (Å²) in [5, 5.41) is 2.89. The molecule has 2 aliphatic heterocycles. The van der Waals surface area contributed by atoms with Gasteiger partial charge in [-0.25, -0.2) is 0 Å². The molecule has 0 aromatic heterocycles. The van der Waals surface area contributed by atoms with E-state index in [0.717, 1.165) is 25.2 Å². The number of nitrogens with one attached hydrogen (secondary N) is 1. The number of carbonyl (C=O) groups excluding carboxylic acids is 1. The van der Waals surface area contributed by atoms with Gasteiger partial charge >= 0.3 is 0 Å². The molecule has 3 N–H and O–H groups in total. The van der Waals surface area contributed by atoms with Gasteiger partial charge in [-0.1, -0.05) is 6.92 Å². The van der Waals surface area contributed by atoms with Crippen LogP contribution in [0.1, 0.15) is 13.3 Å². The van der Waals surface area contributed by atoms with Crippen molar-refractivity contribution < 1.29 is 14.3 Å². The van der Waals surface area contributed by atoms with Crippen molar-refractivity contribution >= 4 is 11.6 Å². The Hall–Kier alpha value is -1.79. The number of benzene rings is 1. The van der Waals surface area contributed by atoms with Gasteiger partial charge < -0.3 is 20.5 Å². The highest BCUT2D eigenvalue weighted by molar-refractivity contribution is 5.92. The summed E-state index contributed by atoms with van der Waals surface area (Å²) in [5.74, 6) is 1.88. The maximum absolute atomic E-state index is 12.1. The van der Waals surface area contributed by atoms with Crippen LogP contribution in [0.25, 0.3) is 0 Å². The third-order valence-electron chi connectivity index (χ3n) is 3.79. The summed E-state index contributed by atoms with van der Waals surface area (Å²) in [7, 11) is 0. The molecule has 0 radical (unpaired) electrons. The van der Waals surface area contributed by atoms with E-state index in [9.17, 15) is 4.79 Å². The monoisotopic (exact) mass is 291 g/mol. The minimum atomic E-state index is -0.0323. The summed E-state index contributed by atoms with van der Waals surface area (Å²) in [6.07, 6.45) is 1.03. The van der Waals surface area contributed by atoms with Gasteiger partial charge in [0.15, 0.2) is 11.5 Å². The number of likely N-dealkylation sites (tertiary alicyclic amines) is 1. The van der Waals surface area contributed by atoms with Crippen molar-refractivity contribution in [1.82, 2.24) is 4.90 Å². The second-order valence-corrected chi connectivity index (χ2v) is 5.91. The molecule has 114 valence electrons. The van der Waals surface area contributed by atoms with Crippen molar-refractivity contribution in [2.75, 3.05) is 31.7 Å². The number of carbonyl (C=O) groups is 1. The number of hydrogen-bond acceptors (Lipinski definition) is 5. The summed E-state index contributed by atoms with van der Waals surface area (Å²) >= 11 is 0. The van der Waals surface area contributed by atoms with E-state index >= 15 is 0 Å². The predicted molar refractivity (Wildman–Crippen MR) is 79.4 cm³/mol. The standard InChI is InChI=1S/C15H21N3O3/c1-10-4-11(16)7-18(6-10)8-15(19)17-12-2-3-13-14(5-12)21-9-20-13/h2-3,5,10-11H,4,6-9,16H2,1H3,(H,17,19). The fourth-order valence-corrected chi connectivity index (χ4v) is 3.02. The molecular weight excluding hydrogens is 270 g/mol. The van der Waals surface area contributed by atoms with Crippen molar-refractivity contribution in [3.63, 3.8) is 0 Å². The van der Waals surface area contributed by atoms with Gasteiger partial charge in [-0.15, -0.1) is 0 Å². The number of rotatable bonds is 3. The van der Waals surface area contributed by atoms with Crippen LogP contribution in [-0.4, -0.2) is 43.3 Å². The van der Waals surface area contributed by atoms with Gasteiger partial charge in [0, 0.05) is 30.9 Å². The van der Waals surface area contributed by atoms with Crippen molar-refractivity contribution in [3.8, 4) is 11.5 Å². The van der Waals surface area contributed by atoms with Gasteiger partial charge in [-0.2, -0.15) is 0 Å². The molecule has 2 atom stereocenters. The molecule has 1 aromatic rings. The SMILES string of the molecule is CC1CC(N)CN(CC(=O)Nc2ccc3c(c2)OCO3)C1. The number of amides is 1. The summed E-state index contributed by atoms with van der Waals surface area (Å²) in [5.41, 5.74) is 6.72. The molecule has 0 bridgehead atoms. The van der Waals surface area contributed by atoms with Crippen molar-refractivity contribution in [3.05, 3.63) is 18.2 Å². The lowest BCUT2D eigenvalue weighted by Crippen LogP contribution is -2.48. The van der Waals surface area contributed by atoms with E-state index < -0.39 is 0 Å². The highest BCUT2D eigenvalue weighted by Gasteiger charge is 2.23. The van der Waals surface area contributed by atoms with E-state index in [4.69, 9.17) is 15.2 Å². The third-order valence-corrected chi connectivity index (χ3v) is 3.79. The number of ether oxygens (including phenoxy) is 2. The second kappa shape index (κ2) is 5.91. The summed E-state index contributed by atoms with van der Waals surface area (Å²) in [6, 6.07) is 5.56. The molecule has 0 spiro atoms. The molecule has 2 aliphatic rings. The first-order valence-corrected chi connectivity index (χ1v) is 7.27. The quantitative estimate of drug-likeness (QED) is 0.869. The Bertz CT molecular complexity index is 525. The average molecular weight is 291 g/mol. The third kappa shape index (κ3) is 3.46. The van der Waals surface area contributed by atoms with E-state index in [0.29, 0.717) is 24.0 Å². The Morgan fingerprint density at radius 1 is 1.38 bits per heavy atom. The van der Waals surface area contributed by atoms with Gasteiger partial charge in [0.1, 0.15) is 0 Å². The lowest BCUT2D eigenvalue weighted by Gasteiger charge is -2.34. The second-order valence-electron chi connectivity index (χ2n) is 5.91. The van der Waals surface area contributed by atoms with Crippen LogP contribution in [0.3, 0.4) is 0 Å². The van der Waals surface area contributed by atoms with Crippen molar-refractivity contribution in [2.45, 2.75) is 19.4 Å². The Labute approximate surface area is 124 Å². The zero-order chi connectivity index (χ0) is 14.8. The molecule has 1 aromatic carbocycles. The van der Waals surface area contributed by atoms with Crippen LogP contribution in [-0.2, 0) is 4.79 Å². The fourth-order valence-electron chi connectivity index (χ4n) is 3.02. The maximum atomic E-state index is 12.1. The minimum absolute atomic E-state index is 0.0323. The van der Waals surface area contributed by atoms with Crippen LogP contribution in [0.4, 0.5) is 5.69 Å². The molecule has 21 heavy (non-hydrogen) atoms. The molecule has 6 heteroatoms. The van der Waals surface area contributed by atoms with E-state index in [1.54, 1.807) is 12.1 Å². The van der Waals surface area contributed by atoms with Crippen LogP contribution in [0.2, 0.25) is 0 Å². The summed E-state index contributed by atoms with van der Waals surface area (Å²) in [4.78, 5) is 14.2. The smallest absolute Gasteiger partial charge is 0.238 e. The van der Waals surface area contributed by atoms with Crippen LogP contribution >= 0.6 is 0 Å². The summed E-state index contributed by atoms with van der Waals surface area (Å²) < 4.78 is 10.5. The predicted octanol–water partition coefficient (Wildman–Crippen LogP) is 1.02. The molecular formula is C15H21N3O3. The van der Waals surface area contributed by atoms with Crippen LogP contribution < -0.4 is 20.5 Å². The first-order chi connectivity index (χ1) is 10.1. The largest absolute Gasteiger partial charge is 0.454 e. The molecule has 1 amide bonds. The minimum Gasteiger partial charge on any atom is -0.454 e. The Morgan fingerprint density at radius 3 is 3.00 bits per heavy atom. The number of piperidine rings is 1. The number of nitrogens with two attached hydrogens (primary N) is 1. The lowest BCUT2D eigenvalue weighted by atomic mass is 9.97. The summed E-state index contributed by atoms with van der Waals surface area (Å²) in [6.45, 7) is 4.46.